The molecule has 16 heavy (non-hydrogen) atoms. The summed E-state index contributed by atoms with van der Waals surface area (Å²) < 4.78 is 0. The molecule has 0 saturated carbocycles. The number of nitrogen functional groups attached to an aromatic ring is 1. The Morgan fingerprint density at radius 1 is 1.12 bits per heavy atom. The van der Waals surface area contributed by atoms with E-state index in [1.165, 1.54) is 0 Å². The summed E-state index contributed by atoms with van der Waals surface area (Å²) in [6.45, 7) is 0. The van der Waals surface area contributed by atoms with E-state index in [4.69, 9.17) is 5.73 Å². The zero-order valence-electron chi connectivity index (χ0n) is 8.18. The first-order valence-corrected chi connectivity index (χ1v) is 4.33. The number of hydrogen-bond donors (Lipinski definition) is 2. The normalized spacial score (nSPS) is 9.75. The van der Waals surface area contributed by atoms with Crippen LogP contribution in [0.5, 0.6) is 0 Å². The molecular formula is C10H10Cl2N4. The van der Waals surface area contributed by atoms with Crippen molar-refractivity contribution in [3.05, 3.63) is 30.5 Å². The molecule has 3 N–H and O–H groups in total. The molecule has 1 aromatic carbocycles. The maximum atomic E-state index is 5.59. The molecule has 2 heterocycles. The number of nitrogens with one attached hydrogen (secondary N) is 1. The van der Waals surface area contributed by atoms with Crippen LogP contribution in [0.3, 0.4) is 0 Å². The average molecular weight is 257 g/mol. The highest BCUT2D eigenvalue weighted by Gasteiger charge is 2.04. The molecule has 0 aliphatic heterocycles. The van der Waals surface area contributed by atoms with Crippen LogP contribution in [-0.2, 0) is 0 Å². The summed E-state index contributed by atoms with van der Waals surface area (Å²) in [4.78, 5) is 11.5. The van der Waals surface area contributed by atoms with Gasteiger partial charge in [-0.1, -0.05) is 0 Å². The van der Waals surface area contributed by atoms with E-state index < -0.39 is 0 Å². The number of imidazole rings is 1. The summed E-state index contributed by atoms with van der Waals surface area (Å²) >= 11 is 0. The van der Waals surface area contributed by atoms with E-state index >= 15 is 0 Å². The lowest BCUT2D eigenvalue weighted by molar-refractivity contribution is 1.36. The number of fused-ring (bicyclic) bond motifs is 3. The standard InChI is InChI=1S/C10H8N4.2ClH/c11-10-13-8-4-3-7-6(9(8)14-10)2-1-5-12-7;;/h1-5H,(H3,11,13,14);2*1H. The number of rotatable bonds is 0. The Hall–Kier alpha value is -1.52. The summed E-state index contributed by atoms with van der Waals surface area (Å²) in [5.74, 6) is 0.441. The molecule has 0 unspecified atom stereocenters. The van der Waals surface area contributed by atoms with Crippen molar-refractivity contribution in [2.75, 3.05) is 5.73 Å². The number of nitrogens with zero attached hydrogens (tertiary/aromatic N) is 2. The largest absolute Gasteiger partial charge is 0.369 e. The molecule has 6 heteroatoms. The maximum Gasteiger partial charge on any atom is 0.198 e. The number of aromatic amines is 1. The number of benzene rings is 1. The molecule has 3 rings (SSSR count). The molecule has 0 saturated heterocycles. The Labute approximate surface area is 104 Å². The topological polar surface area (TPSA) is 67.6 Å². The summed E-state index contributed by atoms with van der Waals surface area (Å²) in [5, 5.41) is 1.03. The van der Waals surface area contributed by atoms with Gasteiger partial charge in [0.1, 0.15) is 0 Å². The lowest BCUT2D eigenvalue weighted by Gasteiger charge is -1.95. The van der Waals surface area contributed by atoms with Gasteiger partial charge in [0.05, 0.1) is 16.6 Å². The summed E-state index contributed by atoms with van der Waals surface area (Å²) in [7, 11) is 0. The number of nitrogens with two attached hydrogens (primary N) is 1. The monoisotopic (exact) mass is 256 g/mol. The van der Waals surface area contributed by atoms with Gasteiger partial charge in [-0.25, -0.2) is 4.98 Å². The van der Waals surface area contributed by atoms with Gasteiger partial charge >= 0.3 is 0 Å². The Bertz CT molecular complexity index is 620. The van der Waals surface area contributed by atoms with Crippen molar-refractivity contribution in [2.45, 2.75) is 0 Å². The fraction of sp³-hybridized carbons (Fsp3) is 0. The van der Waals surface area contributed by atoms with Crippen LogP contribution < -0.4 is 5.73 Å². The van der Waals surface area contributed by atoms with Crippen LogP contribution in [0.25, 0.3) is 21.9 Å². The lowest BCUT2D eigenvalue weighted by atomic mass is 10.2. The van der Waals surface area contributed by atoms with E-state index in [2.05, 4.69) is 15.0 Å². The highest BCUT2D eigenvalue weighted by atomic mass is 35.5. The predicted molar refractivity (Wildman–Crippen MR) is 70.3 cm³/mol. The third kappa shape index (κ3) is 1.77. The first-order valence-electron chi connectivity index (χ1n) is 4.33. The quantitative estimate of drug-likeness (QED) is 0.650. The molecule has 2 aromatic heterocycles. The number of halogens is 2. The van der Waals surface area contributed by atoms with Gasteiger partial charge in [-0.15, -0.1) is 24.8 Å². The second-order valence-electron chi connectivity index (χ2n) is 3.15. The second kappa shape index (κ2) is 4.55. The molecule has 0 bridgehead atoms. The van der Waals surface area contributed by atoms with Crippen molar-refractivity contribution in [3.63, 3.8) is 0 Å². The molecule has 84 valence electrons. The van der Waals surface area contributed by atoms with E-state index in [0.29, 0.717) is 5.95 Å². The van der Waals surface area contributed by atoms with Gasteiger partial charge in [0.15, 0.2) is 5.95 Å². The van der Waals surface area contributed by atoms with Crippen LogP contribution >= 0.6 is 24.8 Å². The van der Waals surface area contributed by atoms with Crippen molar-refractivity contribution in [1.82, 2.24) is 15.0 Å². The summed E-state index contributed by atoms with van der Waals surface area (Å²) in [6.07, 6.45) is 1.77. The van der Waals surface area contributed by atoms with E-state index in [9.17, 15) is 0 Å². The number of anilines is 1. The third-order valence-electron chi connectivity index (χ3n) is 2.25. The molecular weight excluding hydrogens is 247 g/mol. The maximum absolute atomic E-state index is 5.59. The van der Waals surface area contributed by atoms with Crippen molar-refractivity contribution < 1.29 is 0 Å². The molecule has 0 radical (unpaired) electrons. The van der Waals surface area contributed by atoms with E-state index in [-0.39, 0.29) is 24.8 Å². The van der Waals surface area contributed by atoms with Crippen molar-refractivity contribution in [2.24, 2.45) is 0 Å². The zero-order valence-corrected chi connectivity index (χ0v) is 9.81. The highest BCUT2D eigenvalue weighted by Crippen LogP contribution is 2.22. The van der Waals surface area contributed by atoms with Crippen LogP contribution in [-0.4, -0.2) is 15.0 Å². The van der Waals surface area contributed by atoms with Crippen LogP contribution in [0.1, 0.15) is 0 Å². The van der Waals surface area contributed by atoms with Crippen LogP contribution in [0.2, 0.25) is 0 Å². The van der Waals surface area contributed by atoms with E-state index in [1.54, 1.807) is 6.20 Å². The molecule has 0 fully saturated rings. The highest BCUT2D eigenvalue weighted by molar-refractivity contribution is 6.02. The second-order valence-corrected chi connectivity index (χ2v) is 3.15. The van der Waals surface area contributed by atoms with Gasteiger partial charge in [0.25, 0.3) is 0 Å². The molecule has 0 spiro atoms. The van der Waals surface area contributed by atoms with Crippen LogP contribution in [0, 0.1) is 0 Å². The molecule has 4 nitrogen and oxygen atoms in total. The smallest absolute Gasteiger partial charge is 0.198 e. The SMILES string of the molecule is Cl.Cl.Nc1nc2c(ccc3ncccc32)[nH]1. The molecule has 0 aliphatic rings. The predicted octanol–water partition coefficient (Wildman–Crippen LogP) is 2.54. The fourth-order valence-corrected chi connectivity index (χ4v) is 1.64. The minimum Gasteiger partial charge on any atom is -0.369 e. The van der Waals surface area contributed by atoms with E-state index in [0.717, 1.165) is 21.9 Å². The van der Waals surface area contributed by atoms with Gasteiger partial charge in [0, 0.05) is 11.6 Å². The van der Waals surface area contributed by atoms with Crippen LogP contribution in [0.4, 0.5) is 5.95 Å². The Morgan fingerprint density at radius 3 is 2.75 bits per heavy atom. The molecule has 3 aromatic rings. The minimum atomic E-state index is 0. The van der Waals surface area contributed by atoms with Gasteiger partial charge < -0.3 is 10.7 Å². The van der Waals surface area contributed by atoms with Gasteiger partial charge in [-0.3, -0.25) is 4.98 Å². The van der Waals surface area contributed by atoms with Crippen LogP contribution in [0.15, 0.2) is 30.5 Å². The lowest BCUT2D eigenvalue weighted by Crippen LogP contribution is -1.84. The Morgan fingerprint density at radius 2 is 1.94 bits per heavy atom. The Balaban J connectivity index is 0.000000640. The Kier molecular flexibility index (Phi) is 3.57. The summed E-state index contributed by atoms with van der Waals surface area (Å²) in [5.41, 5.74) is 8.36. The van der Waals surface area contributed by atoms with Gasteiger partial charge in [-0.2, -0.15) is 0 Å². The fourth-order valence-electron chi connectivity index (χ4n) is 1.64. The minimum absolute atomic E-state index is 0. The number of pyridine rings is 1. The summed E-state index contributed by atoms with van der Waals surface area (Å²) in [6, 6.07) is 7.78. The molecule has 0 amide bonds. The first-order chi connectivity index (χ1) is 6.84. The van der Waals surface area contributed by atoms with E-state index in [1.807, 2.05) is 24.3 Å². The number of aromatic nitrogens is 3. The molecule has 0 atom stereocenters. The van der Waals surface area contributed by atoms with Gasteiger partial charge in [0.2, 0.25) is 0 Å². The van der Waals surface area contributed by atoms with Crippen molar-refractivity contribution in [3.8, 4) is 0 Å². The molecule has 0 aliphatic carbocycles. The average Bonchev–Trinajstić information content (AvgIpc) is 2.59. The number of H-pyrrole nitrogens is 1. The van der Waals surface area contributed by atoms with Crippen molar-refractivity contribution >= 4 is 52.7 Å². The number of hydrogen-bond acceptors (Lipinski definition) is 3. The third-order valence-corrected chi connectivity index (χ3v) is 2.25. The zero-order chi connectivity index (χ0) is 9.54. The first kappa shape index (κ1) is 12.5. The van der Waals surface area contributed by atoms with Gasteiger partial charge in [-0.05, 0) is 24.3 Å². The van der Waals surface area contributed by atoms with Crippen molar-refractivity contribution in [1.29, 1.82) is 0 Å².